The molecule has 144 valence electrons. The number of benzene rings is 2. The average Bonchev–Trinajstić information content (AvgIpc) is 3.24. The van der Waals surface area contributed by atoms with Crippen molar-refractivity contribution in [2.45, 2.75) is 12.6 Å². The number of H-pyrrole nitrogens is 1. The quantitative estimate of drug-likeness (QED) is 0.720. The first-order valence-electron chi connectivity index (χ1n) is 8.54. The fraction of sp³-hybridized carbons (Fsp3) is 0.211. The monoisotopic (exact) mass is 388 g/mol. The van der Waals surface area contributed by atoms with Crippen molar-refractivity contribution in [3.63, 3.8) is 0 Å². The van der Waals surface area contributed by atoms with E-state index in [9.17, 15) is 22.8 Å². The average molecular weight is 388 g/mol. The fourth-order valence-corrected chi connectivity index (χ4v) is 3.26. The molecule has 9 heteroatoms. The highest BCUT2D eigenvalue weighted by molar-refractivity contribution is 6.06. The zero-order valence-corrected chi connectivity index (χ0v) is 14.5. The van der Waals surface area contributed by atoms with Gasteiger partial charge in [-0.25, -0.2) is 0 Å². The molecule has 1 aliphatic rings. The van der Waals surface area contributed by atoms with E-state index >= 15 is 0 Å². The van der Waals surface area contributed by atoms with Gasteiger partial charge in [0.2, 0.25) is 11.8 Å². The highest BCUT2D eigenvalue weighted by Gasteiger charge is 2.37. The van der Waals surface area contributed by atoms with Crippen molar-refractivity contribution in [3.8, 4) is 0 Å². The van der Waals surface area contributed by atoms with Crippen LogP contribution in [-0.4, -0.2) is 28.6 Å². The van der Waals surface area contributed by atoms with Crippen LogP contribution in [0.3, 0.4) is 0 Å². The van der Waals surface area contributed by atoms with Crippen LogP contribution >= 0.6 is 0 Å². The summed E-state index contributed by atoms with van der Waals surface area (Å²) in [4.78, 5) is 26.3. The Balaban J connectivity index is 1.50. The zero-order chi connectivity index (χ0) is 19.9. The zero-order valence-electron chi connectivity index (χ0n) is 14.5. The van der Waals surface area contributed by atoms with Gasteiger partial charge in [-0.1, -0.05) is 18.2 Å². The molecule has 0 bridgehead atoms. The number of hydrogen-bond acceptors (Lipinski definition) is 3. The summed E-state index contributed by atoms with van der Waals surface area (Å²) in [5.74, 6) is -1.01. The second-order valence-electron chi connectivity index (χ2n) is 6.57. The van der Waals surface area contributed by atoms with E-state index in [0.29, 0.717) is 5.82 Å². The fourth-order valence-electron chi connectivity index (χ4n) is 3.26. The number of rotatable bonds is 3. The SMILES string of the molecule is O=C(Nc1cccc(C(F)(F)F)c1)[C@H]1CC(=O)N(c2n[nH]c3ccccc23)C1. The van der Waals surface area contributed by atoms with Gasteiger partial charge in [-0.05, 0) is 30.3 Å². The van der Waals surface area contributed by atoms with Gasteiger partial charge in [0.05, 0.1) is 17.0 Å². The van der Waals surface area contributed by atoms with Crippen LogP contribution in [0.25, 0.3) is 10.9 Å². The summed E-state index contributed by atoms with van der Waals surface area (Å²) in [6.07, 6.45) is -4.53. The maximum Gasteiger partial charge on any atom is 0.416 e. The Labute approximate surface area is 157 Å². The van der Waals surface area contributed by atoms with Gasteiger partial charge in [0, 0.05) is 24.0 Å². The minimum Gasteiger partial charge on any atom is -0.326 e. The number of aromatic nitrogens is 2. The number of hydrogen-bond donors (Lipinski definition) is 2. The number of anilines is 2. The molecular weight excluding hydrogens is 373 g/mol. The van der Waals surface area contributed by atoms with Crippen LogP contribution in [0, 0.1) is 5.92 Å². The molecule has 0 radical (unpaired) electrons. The molecule has 28 heavy (non-hydrogen) atoms. The molecule has 1 aromatic heterocycles. The third kappa shape index (κ3) is 3.30. The molecular formula is C19H15F3N4O2. The number of para-hydroxylation sites is 1. The van der Waals surface area contributed by atoms with Crippen molar-refractivity contribution < 1.29 is 22.8 Å². The van der Waals surface area contributed by atoms with Crippen LogP contribution in [0.1, 0.15) is 12.0 Å². The van der Waals surface area contributed by atoms with Crippen LogP contribution in [0.5, 0.6) is 0 Å². The van der Waals surface area contributed by atoms with E-state index in [1.807, 2.05) is 24.3 Å². The lowest BCUT2D eigenvalue weighted by molar-refractivity contribution is -0.137. The Bertz CT molecular complexity index is 1060. The predicted octanol–water partition coefficient (Wildman–Crippen LogP) is 3.57. The van der Waals surface area contributed by atoms with Gasteiger partial charge in [-0.2, -0.15) is 18.3 Å². The van der Waals surface area contributed by atoms with Crippen molar-refractivity contribution in [2.24, 2.45) is 5.92 Å². The number of carbonyl (C=O) groups is 2. The van der Waals surface area contributed by atoms with E-state index < -0.39 is 23.6 Å². The Hall–Kier alpha value is -3.36. The number of aromatic amines is 1. The molecule has 4 rings (SSSR count). The van der Waals surface area contributed by atoms with E-state index in [2.05, 4.69) is 15.5 Å². The second kappa shape index (κ2) is 6.66. The molecule has 1 fully saturated rings. The first-order valence-corrected chi connectivity index (χ1v) is 8.54. The molecule has 2 heterocycles. The Morgan fingerprint density at radius 3 is 2.75 bits per heavy atom. The van der Waals surface area contributed by atoms with Crippen molar-refractivity contribution in [2.75, 3.05) is 16.8 Å². The summed E-state index contributed by atoms with van der Waals surface area (Å²) in [7, 11) is 0. The topological polar surface area (TPSA) is 78.1 Å². The van der Waals surface area contributed by atoms with Crippen molar-refractivity contribution >= 4 is 34.2 Å². The molecule has 2 amide bonds. The van der Waals surface area contributed by atoms with E-state index in [4.69, 9.17) is 0 Å². The summed E-state index contributed by atoms with van der Waals surface area (Å²) >= 11 is 0. The third-order valence-corrected chi connectivity index (χ3v) is 4.66. The van der Waals surface area contributed by atoms with E-state index in [-0.39, 0.29) is 24.6 Å². The van der Waals surface area contributed by atoms with Gasteiger partial charge in [0.1, 0.15) is 0 Å². The maximum absolute atomic E-state index is 12.8. The van der Waals surface area contributed by atoms with E-state index in [1.54, 1.807) is 0 Å². The van der Waals surface area contributed by atoms with Crippen molar-refractivity contribution in [1.82, 2.24) is 10.2 Å². The minimum absolute atomic E-state index is 0.0357. The number of nitrogens with zero attached hydrogens (tertiary/aromatic N) is 2. The Morgan fingerprint density at radius 2 is 1.96 bits per heavy atom. The molecule has 1 saturated heterocycles. The number of amides is 2. The number of nitrogens with one attached hydrogen (secondary N) is 2. The highest BCUT2D eigenvalue weighted by atomic mass is 19.4. The van der Waals surface area contributed by atoms with Gasteiger partial charge in [-0.3, -0.25) is 19.6 Å². The molecule has 0 aliphatic carbocycles. The van der Waals surface area contributed by atoms with Crippen LogP contribution in [0.2, 0.25) is 0 Å². The number of fused-ring (bicyclic) bond motifs is 1. The van der Waals surface area contributed by atoms with E-state index in [1.165, 1.54) is 17.0 Å². The first kappa shape index (κ1) is 18.0. The van der Waals surface area contributed by atoms with Crippen LogP contribution < -0.4 is 10.2 Å². The standard InChI is InChI=1S/C19H15F3N4O2/c20-19(21,22)12-4-3-5-13(9-12)23-18(28)11-8-16(27)26(10-11)17-14-6-1-2-7-15(14)24-25-17/h1-7,9,11H,8,10H2,(H,23,28)(H,24,25)/t11-/m0/s1. The Kier molecular flexibility index (Phi) is 4.29. The molecule has 6 nitrogen and oxygen atoms in total. The summed E-state index contributed by atoms with van der Waals surface area (Å²) < 4.78 is 38.5. The third-order valence-electron chi connectivity index (χ3n) is 4.66. The first-order chi connectivity index (χ1) is 13.3. The van der Waals surface area contributed by atoms with Gasteiger partial charge in [0.25, 0.3) is 0 Å². The lowest BCUT2D eigenvalue weighted by Gasteiger charge is -2.15. The summed E-state index contributed by atoms with van der Waals surface area (Å²) in [6.45, 7) is 0.110. The molecule has 0 spiro atoms. The van der Waals surface area contributed by atoms with Gasteiger partial charge in [0.15, 0.2) is 5.82 Å². The molecule has 2 N–H and O–H groups in total. The van der Waals surface area contributed by atoms with Gasteiger partial charge < -0.3 is 5.32 Å². The molecule has 1 atom stereocenters. The van der Waals surface area contributed by atoms with Crippen LogP contribution in [0.15, 0.2) is 48.5 Å². The number of carbonyl (C=O) groups excluding carboxylic acids is 2. The predicted molar refractivity (Wildman–Crippen MR) is 96.6 cm³/mol. The lowest BCUT2D eigenvalue weighted by Crippen LogP contribution is -2.28. The van der Waals surface area contributed by atoms with Crippen LogP contribution in [-0.2, 0) is 15.8 Å². The minimum atomic E-state index is -4.50. The lowest BCUT2D eigenvalue weighted by atomic mass is 10.1. The smallest absolute Gasteiger partial charge is 0.326 e. The molecule has 1 aliphatic heterocycles. The van der Waals surface area contributed by atoms with Crippen LogP contribution in [0.4, 0.5) is 24.7 Å². The Morgan fingerprint density at radius 1 is 1.18 bits per heavy atom. The largest absolute Gasteiger partial charge is 0.416 e. The van der Waals surface area contributed by atoms with E-state index in [0.717, 1.165) is 23.0 Å². The normalized spacial score (nSPS) is 17.3. The molecule has 0 unspecified atom stereocenters. The molecule has 3 aromatic rings. The number of halogens is 3. The van der Waals surface area contributed by atoms with Gasteiger partial charge >= 0.3 is 6.18 Å². The van der Waals surface area contributed by atoms with Crippen molar-refractivity contribution in [1.29, 1.82) is 0 Å². The van der Waals surface area contributed by atoms with Crippen molar-refractivity contribution in [3.05, 3.63) is 54.1 Å². The molecule has 0 saturated carbocycles. The molecule has 2 aromatic carbocycles. The van der Waals surface area contributed by atoms with Gasteiger partial charge in [-0.15, -0.1) is 0 Å². The summed E-state index contributed by atoms with van der Waals surface area (Å²) in [5.41, 5.74) is -0.0458. The summed E-state index contributed by atoms with van der Waals surface area (Å²) in [6, 6.07) is 11.7. The summed E-state index contributed by atoms with van der Waals surface area (Å²) in [5, 5.41) is 10.2. The highest BCUT2D eigenvalue weighted by Crippen LogP contribution is 2.32. The maximum atomic E-state index is 12.8. The number of alkyl halides is 3. The second-order valence-corrected chi connectivity index (χ2v) is 6.57.